The number of hydrogen-bond donors (Lipinski definition) is 0. The Morgan fingerprint density at radius 2 is 1.33 bits per heavy atom. The molecule has 0 amide bonds. The Bertz CT molecular complexity index is 726. The minimum Gasteiger partial charge on any atom is -0.407 e. The lowest BCUT2D eigenvalue weighted by molar-refractivity contribution is -0.233. The predicted octanol–water partition coefficient (Wildman–Crippen LogP) is 4.84. The van der Waals surface area contributed by atoms with Gasteiger partial charge in [-0.05, 0) is 29.3 Å². The summed E-state index contributed by atoms with van der Waals surface area (Å²) < 4.78 is 19.5. The van der Waals surface area contributed by atoms with Gasteiger partial charge in [0.05, 0.1) is 5.25 Å². The van der Waals surface area contributed by atoms with E-state index in [0.717, 1.165) is 12.2 Å². The monoisotopic (exact) mass is 444 g/mol. The van der Waals surface area contributed by atoms with E-state index < -0.39 is 14.1 Å². The summed E-state index contributed by atoms with van der Waals surface area (Å²) in [4.78, 5) is 0. The van der Waals surface area contributed by atoms with Crippen LogP contribution in [0.25, 0.3) is 0 Å². The molecule has 1 atom stereocenters. The molecule has 0 unspecified atom stereocenters. The van der Waals surface area contributed by atoms with Gasteiger partial charge in [-0.1, -0.05) is 81.4 Å². The van der Waals surface area contributed by atoms with Crippen LogP contribution in [0.5, 0.6) is 0 Å². The molecule has 1 aliphatic rings. The van der Waals surface area contributed by atoms with Crippen LogP contribution in [0, 0.1) is 0 Å². The summed E-state index contributed by atoms with van der Waals surface area (Å²) in [7, 11) is -2.53. The molecule has 164 valence electrons. The van der Waals surface area contributed by atoms with Gasteiger partial charge in [0.1, 0.15) is 0 Å². The molecule has 1 saturated heterocycles. The largest absolute Gasteiger partial charge is 0.407 e. The van der Waals surface area contributed by atoms with Gasteiger partial charge in [0.15, 0.2) is 5.79 Å². The Morgan fingerprint density at radius 3 is 1.70 bits per heavy atom. The molecular weight excluding hydrogens is 408 g/mol. The molecule has 5 heteroatoms. The SMILES string of the molecule is CCOC(CCO[Si](c1ccccc1)(c1ccccc1)C(C)(C)C)(OCC)[C@H]1CS1. The molecule has 0 spiro atoms. The third kappa shape index (κ3) is 4.86. The van der Waals surface area contributed by atoms with Gasteiger partial charge in [0.25, 0.3) is 8.32 Å². The van der Waals surface area contributed by atoms with Gasteiger partial charge in [-0.3, -0.25) is 0 Å². The van der Waals surface area contributed by atoms with Crippen LogP contribution in [0.3, 0.4) is 0 Å². The first-order valence-corrected chi connectivity index (χ1v) is 14.0. The Kier molecular flexibility index (Phi) is 7.85. The van der Waals surface area contributed by atoms with Crippen LogP contribution in [0.15, 0.2) is 60.7 Å². The van der Waals surface area contributed by atoms with Crippen molar-refractivity contribution in [2.24, 2.45) is 0 Å². The summed E-state index contributed by atoms with van der Waals surface area (Å²) in [6.07, 6.45) is 0.747. The van der Waals surface area contributed by atoms with E-state index in [1.54, 1.807) is 0 Å². The normalized spacial score (nSPS) is 17.2. The van der Waals surface area contributed by atoms with Crippen LogP contribution in [-0.2, 0) is 13.9 Å². The lowest BCUT2D eigenvalue weighted by atomic mass is 10.1. The van der Waals surface area contributed by atoms with Crippen molar-refractivity contribution in [1.29, 1.82) is 0 Å². The van der Waals surface area contributed by atoms with Crippen molar-refractivity contribution in [3.63, 3.8) is 0 Å². The standard InChI is InChI=1S/C25H36O3SSi/c1-6-26-25(27-7-2,23-20-29-23)18-19-28-30(24(3,4)5,21-14-10-8-11-15-21)22-16-12-9-13-17-22/h8-17,23H,6-7,18-20H2,1-5H3/t23-/m1/s1. The van der Waals surface area contributed by atoms with Gasteiger partial charge in [-0.15, -0.1) is 0 Å². The Morgan fingerprint density at radius 1 is 0.867 bits per heavy atom. The van der Waals surface area contributed by atoms with E-state index in [0.29, 0.717) is 25.1 Å². The lowest BCUT2D eigenvalue weighted by Crippen LogP contribution is -2.66. The summed E-state index contributed by atoms with van der Waals surface area (Å²) in [5.41, 5.74) is 0. The minimum atomic E-state index is -2.53. The van der Waals surface area contributed by atoms with Gasteiger partial charge >= 0.3 is 0 Å². The van der Waals surface area contributed by atoms with Crippen LogP contribution in [0.4, 0.5) is 0 Å². The minimum absolute atomic E-state index is 0.0239. The molecule has 3 rings (SSSR count). The van der Waals surface area contributed by atoms with E-state index in [9.17, 15) is 0 Å². The van der Waals surface area contributed by atoms with E-state index >= 15 is 0 Å². The Labute approximate surface area is 187 Å². The molecular formula is C25H36O3SSi. The van der Waals surface area contributed by atoms with Crippen LogP contribution < -0.4 is 10.4 Å². The van der Waals surface area contributed by atoms with Crippen molar-refractivity contribution in [3.8, 4) is 0 Å². The smallest absolute Gasteiger partial charge is 0.261 e. The fourth-order valence-corrected chi connectivity index (χ4v) is 9.85. The number of benzene rings is 2. The summed E-state index contributed by atoms with van der Waals surface area (Å²) in [6, 6.07) is 21.6. The van der Waals surface area contributed by atoms with Gasteiger partial charge in [0.2, 0.25) is 0 Å². The van der Waals surface area contributed by atoms with Crippen LogP contribution in [0.1, 0.15) is 41.0 Å². The highest BCUT2D eigenvalue weighted by atomic mass is 32.2. The van der Waals surface area contributed by atoms with E-state index in [1.807, 2.05) is 25.6 Å². The maximum absolute atomic E-state index is 7.06. The molecule has 0 N–H and O–H groups in total. The Balaban J connectivity index is 1.95. The first-order chi connectivity index (χ1) is 14.4. The van der Waals surface area contributed by atoms with Gasteiger partial charge in [0, 0.05) is 32.0 Å². The highest BCUT2D eigenvalue weighted by Gasteiger charge is 2.52. The zero-order chi connectivity index (χ0) is 21.7. The molecule has 3 nitrogen and oxygen atoms in total. The highest BCUT2D eigenvalue weighted by molar-refractivity contribution is 8.07. The van der Waals surface area contributed by atoms with Gasteiger partial charge in [-0.2, -0.15) is 11.8 Å². The average Bonchev–Trinajstić information content (AvgIpc) is 3.58. The fraction of sp³-hybridized carbons (Fsp3) is 0.520. The third-order valence-corrected chi connectivity index (χ3v) is 11.9. The number of thioether (sulfide) groups is 1. The van der Waals surface area contributed by atoms with Crippen LogP contribution in [0.2, 0.25) is 5.04 Å². The molecule has 30 heavy (non-hydrogen) atoms. The van der Waals surface area contributed by atoms with E-state index in [1.165, 1.54) is 10.4 Å². The topological polar surface area (TPSA) is 27.7 Å². The molecule has 0 radical (unpaired) electrons. The van der Waals surface area contributed by atoms with Gasteiger partial charge in [-0.25, -0.2) is 0 Å². The molecule has 2 aromatic rings. The maximum atomic E-state index is 7.06. The fourth-order valence-electron chi connectivity index (χ4n) is 4.43. The number of hydrogen-bond acceptors (Lipinski definition) is 4. The second kappa shape index (κ2) is 10.0. The van der Waals surface area contributed by atoms with E-state index in [4.69, 9.17) is 13.9 Å². The molecule has 1 aliphatic heterocycles. The third-order valence-electron chi connectivity index (χ3n) is 5.79. The molecule has 2 aromatic carbocycles. The average molecular weight is 445 g/mol. The summed E-state index contributed by atoms with van der Waals surface area (Å²) in [5, 5.41) is 3.00. The summed E-state index contributed by atoms with van der Waals surface area (Å²) in [6.45, 7) is 12.9. The predicted molar refractivity (Wildman–Crippen MR) is 130 cm³/mol. The van der Waals surface area contributed by atoms with Crippen molar-refractivity contribution in [1.82, 2.24) is 0 Å². The molecule has 0 bridgehead atoms. The summed E-state index contributed by atoms with van der Waals surface area (Å²) >= 11 is 1.92. The van der Waals surface area contributed by atoms with Crippen molar-refractivity contribution < 1.29 is 13.9 Å². The number of rotatable bonds is 11. The van der Waals surface area contributed by atoms with Crippen molar-refractivity contribution in [2.45, 2.75) is 57.1 Å². The molecule has 1 fully saturated rings. The van der Waals surface area contributed by atoms with Crippen LogP contribution in [-0.4, -0.2) is 44.9 Å². The van der Waals surface area contributed by atoms with Crippen molar-refractivity contribution in [3.05, 3.63) is 60.7 Å². The second-order valence-electron chi connectivity index (χ2n) is 8.76. The molecule has 0 saturated carbocycles. The molecule has 1 heterocycles. The Hall–Kier alpha value is -1.11. The highest BCUT2D eigenvalue weighted by Crippen LogP contribution is 2.45. The summed E-state index contributed by atoms with van der Waals surface area (Å²) in [5.74, 6) is 0.554. The van der Waals surface area contributed by atoms with E-state index in [2.05, 4.69) is 81.4 Å². The number of ether oxygens (including phenoxy) is 2. The first kappa shape index (κ1) is 23.5. The molecule has 0 aromatic heterocycles. The first-order valence-electron chi connectivity index (χ1n) is 11.0. The zero-order valence-electron chi connectivity index (χ0n) is 19.0. The van der Waals surface area contributed by atoms with Crippen molar-refractivity contribution >= 4 is 30.5 Å². The maximum Gasteiger partial charge on any atom is 0.261 e. The van der Waals surface area contributed by atoms with Crippen LogP contribution >= 0.6 is 11.8 Å². The zero-order valence-corrected chi connectivity index (χ0v) is 20.8. The van der Waals surface area contributed by atoms with E-state index in [-0.39, 0.29) is 5.04 Å². The van der Waals surface area contributed by atoms with Gasteiger partial charge < -0.3 is 13.9 Å². The lowest BCUT2D eigenvalue weighted by Gasteiger charge is -2.44. The quantitative estimate of drug-likeness (QED) is 0.282. The molecule has 0 aliphatic carbocycles. The van der Waals surface area contributed by atoms with Crippen molar-refractivity contribution in [2.75, 3.05) is 25.6 Å². The second-order valence-corrected chi connectivity index (χ2v) is 14.3.